The molecule has 0 spiro atoms. The number of carbonyl (C=O) groups is 1. The zero-order valence-electron chi connectivity index (χ0n) is 8.52. The predicted molar refractivity (Wildman–Crippen MR) is 52.0 cm³/mol. The molecule has 0 bridgehead atoms. The van der Waals surface area contributed by atoms with E-state index < -0.39 is 0 Å². The minimum Gasteiger partial charge on any atom is -0.356 e. The molecule has 2 nitrogen and oxygen atoms in total. The number of amides is 1. The summed E-state index contributed by atoms with van der Waals surface area (Å²) in [6.07, 6.45) is 3.92. The molecule has 0 aromatic carbocycles. The molecule has 0 saturated heterocycles. The van der Waals surface area contributed by atoms with Gasteiger partial charge in [-0.25, -0.2) is 0 Å². The van der Waals surface area contributed by atoms with Crippen LogP contribution in [0.15, 0.2) is 0 Å². The monoisotopic (exact) mass is 171 g/mol. The average molecular weight is 171 g/mol. The van der Waals surface area contributed by atoms with E-state index in [9.17, 15) is 4.79 Å². The minimum absolute atomic E-state index is 0.199. The summed E-state index contributed by atoms with van der Waals surface area (Å²) in [5.74, 6) is 0.857. The molecule has 0 heterocycles. The Morgan fingerprint density at radius 2 is 1.83 bits per heavy atom. The van der Waals surface area contributed by atoms with Crippen LogP contribution in [0.4, 0.5) is 0 Å². The summed E-state index contributed by atoms with van der Waals surface area (Å²) in [7, 11) is 0. The molecule has 1 amide bonds. The second-order valence-corrected chi connectivity index (χ2v) is 3.24. The van der Waals surface area contributed by atoms with Crippen molar-refractivity contribution < 1.29 is 4.79 Å². The van der Waals surface area contributed by atoms with Gasteiger partial charge in [0.2, 0.25) is 5.91 Å². The van der Waals surface area contributed by atoms with Crippen molar-refractivity contribution >= 4 is 5.91 Å². The normalized spacial score (nSPS) is 10.3. The fraction of sp³-hybridized carbons (Fsp3) is 0.900. The van der Waals surface area contributed by atoms with E-state index in [1.807, 2.05) is 6.92 Å². The lowest BCUT2D eigenvalue weighted by atomic mass is 10.0. The quantitative estimate of drug-likeness (QED) is 0.653. The first-order chi connectivity index (χ1) is 5.74. The van der Waals surface area contributed by atoms with E-state index >= 15 is 0 Å². The third-order valence-electron chi connectivity index (χ3n) is 2.22. The molecule has 0 saturated carbocycles. The van der Waals surface area contributed by atoms with Gasteiger partial charge < -0.3 is 5.32 Å². The number of rotatable bonds is 6. The molecule has 0 fully saturated rings. The van der Waals surface area contributed by atoms with Crippen molar-refractivity contribution in [1.29, 1.82) is 0 Å². The molecule has 0 atom stereocenters. The number of nitrogens with one attached hydrogen (secondary N) is 1. The molecule has 0 aromatic heterocycles. The van der Waals surface area contributed by atoms with Gasteiger partial charge in [-0.15, -0.1) is 0 Å². The molecule has 0 radical (unpaired) electrons. The molecular formula is C10H21NO. The molecular weight excluding hydrogens is 150 g/mol. The fourth-order valence-electron chi connectivity index (χ4n) is 1.15. The Labute approximate surface area is 75.7 Å². The highest BCUT2D eigenvalue weighted by Crippen LogP contribution is 2.05. The Bertz CT molecular complexity index is 119. The highest BCUT2D eigenvalue weighted by atomic mass is 16.1. The molecule has 0 aliphatic rings. The molecule has 72 valence electrons. The predicted octanol–water partition coefficient (Wildman–Crippen LogP) is 2.34. The molecule has 0 rings (SSSR count). The minimum atomic E-state index is 0.199. The van der Waals surface area contributed by atoms with Crippen molar-refractivity contribution in [3.63, 3.8) is 0 Å². The zero-order chi connectivity index (χ0) is 9.40. The topological polar surface area (TPSA) is 29.1 Å². The third kappa shape index (κ3) is 5.16. The van der Waals surface area contributed by atoms with Gasteiger partial charge in [-0.05, 0) is 12.3 Å². The van der Waals surface area contributed by atoms with E-state index in [0.717, 1.165) is 25.8 Å². The van der Waals surface area contributed by atoms with Crippen LogP contribution in [-0.2, 0) is 4.79 Å². The van der Waals surface area contributed by atoms with Crippen LogP contribution in [0.25, 0.3) is 0 Å². The van der Waals surface area contributed by atoms with Crippen molar-refractivity contribution in [3.05, 3.63) is 0 Å². The Balaban J connectivity index is 3.44. The standard InChI is InChI=1S/C10H21NO/c1-4-7-10(12)11-8-9(5-2)6-3/h9H,4-8H2,1-3H3,(H,11,12). The van der Waals surface area contributed by atoms with Crippen LogP contribution in [0.3, 0.4) is 0 Å². The highest BCUT2D eigenvalue weighted by Gasteiger charge is 2.04. The first kappa shape index (κ1) is 11.5. The lowest BCUT2D eigenvalue weighted by Crippen LogP contribution is -2.28. The van der Waals surface area contributed by atoms with Crippen LogP contribution in [-0.4, -0.2) is 12.5 Å². The van der Waals surface area contributed by atoms with Crippen LogP contribution >= 0.6 is 0 Å². The summed E-state index contributed by atoms with van der Waals surface area (Å²) < 4.78 is 0. The maximum atomic E-state index is 11.1. The van der Waals surface area contributed by atoms with Crippen molar-refractivity contribution in [2.45, 2.75) is 46.5 Å². The smallest absolute Gasteiger partial charge is 0.219 e. The van der Waals surface area contributed by atoms with Crippen LogP contribution in [0.5, 0.6) is 0 Å². The van der Waals surface area contributed by atoms with Gasteiger partial charge >= 0.3 is 0 Å². The maximum Gasteiger partial charge on any atom is 0.219 e. The molecule has 0 unspecified atom stereocenters. The van der Waals surface area contributed by atoms with E-state index in [1.54, 1.807) is 0 Å². The van der Waals surface area contributed by atoms with Crippen LogP contribution in [0.2, 0.25) is 0 Å². The van der Waals surface area contributed by atoms with Crippen molar-refractivity contribution in [2.75, 3.05) is 6.54 Å². The summed E-state index contributed by atoms with van der Waals surface area (Å²) in [5.41, 5.74) is 0. The van der Waals surface area contributed by atoms with Crippen LogP contribution in [0, 0.1) is 5.92 Å². The van der Waals surface area contributed by atoms with E-state index in [-0.39, 0.29) is 5.91 Å². The average Bonchev–Trinajstić information content (AvgIpc) is 2.07. The number of carbonyl (C=O) groups excluding carboxylic acids is 1. The van der Waals surface area contributed by atoms with Gasteiger partial charge in [0.1, 0.15) is 0 Å². The first-order valence-corrected chi connectivity index (χ1v) is 5.01. The summed E-state index contributed by atoms with van der Waals surface area (Å²) >= 11 is 0. The van der Waals surface area contributed by atoms with Gasteiger partial charge in [0.05, 0.1) is 0 Å². The van der Waals surface area contributed by atoms with Crippen LogP contribution < -0.4 is 5.32 Å². The first-order valence-electron chi connectivity index (χ1n) is 5.01. The Morgan fingerprint density at radius 3 is 2.25 bits per heavy atom. The van der Waals surface area contributed by atoms with Crippen LogP contribution in [0.1, 0.15) is 46.5 Å². The molecule has 0 aromatic rings. The SMILES string of the molecule is CCCC(=O)NCC(CC)CC. The summed E-state index contributed by atoms with van der Waals surface area (Å²) in [6.45, 7) is 7.21. The van der Waals surface area contributed by atoms with Gasteiger partial charge in [0, 0.05) is 13.0 Å². The van der Waals surface area contributed by atoms with Gasteiger partial charge in [-0.3, -0.25) is 4.79 Å². The maximum absolute atomic E-state index is 11.1. The summed E-state index contributed by atoms with van der Waals surface area (Å²) in [6, 6.07) is 0. The van der Waals surface area contributed by atoms with E-state index in [0.29, 0.717) is 12.3 Å². The van der Waals surface area contributed by atoms with Gasteiger partial charge in [-0.1, -0.05) is 33.6 Å². The zero-order valence-corrected chi connectivity index (χ0v) is 8.52. The second-order valence-electron chi connectivity index (χ2n) is 3.24. The second kappa shape index (κ2) is 7.14. The Kier molecular flexibility index (Phi) is 6.82. The molecule has 0 aliphatic heterocycles. The van der Waals surface area contributed by atoms with Crippen molar-refractivity contribution in [3.8, 4) is 0 Å². The van der Waals surface area contributed by atoms with Gasteiger partial charge in [-0.2, -0.15) is 0 Å². The van der Waals surface area contributed by atoms with Crippen molar-refractivity contribution in [2.24, 2.45) is 5.92 Å². The van der Waals surface area contributed by atoms with Gasteiger partial charge in [0.15, 0.2) is 0 Å². The summed E-state index contributed by atoms with van der Waals surface area (Å²) in [5, 5.41) is 2.95. The number of hydrogen-bond acceptors (Lipinski definition) is 1. The molecule has 2 heteroatoms. The Morgan fingerprint density at radius 1 is 1.25 bits per heavy atom. The Hall–Kier alpha value is -0.530. The third-order valence-corrected chi connectivity index (χ3v) is 2.22. The molecule has 1 N–H and O–H groups in total. The molecule has 0 aliphatic carbocycles. The summed E-state index contributed by atoms with van der Waals surface area (Å²) in [4.78, 5) is 11.1. The van der Waals surface area contributed by atoms with E-state index in [2.05, 4.69) is 19.2 Å². The van der Waals surface area contributed by atoms with Crippen molar-refractivity contribution in [1.82, 2.24) is 5.32 Å². The highest BCUT2D eigenvalue weighted by molar-refractivity contribution is 5.75. The van der Waals surface area contributed by atoms with E-state index in [1.165, 1.54) is 0 Å². The van der Waals surface area contributed by atoms with E-state index in [4.69, 9.17) is 0 Å². The fourth-order valence-corrected chi connectivity index (χ4v) is 1.15. The largest absolute Gasteiger partial charge is 0.356 e. The lowest BCUT2D eigenvalue weighted by molar-refractivity contribution is -0.121. The van der Waals surface area contributed by atoms with Gasteiger partial charge in [0.25, 0.3) is 0 Å². The molecule has 12 heavy (non-hydrogen) atoms. The number of hydrogen-bond donors (Lipinski definition) is 1. The lowest BCUT2D eigenvalue weighted by Gasteiger charge is -2.12.